The Morgan fingerprint density at radius 2 is 1.75 bits per heavy atom. The van der Waals surface area contributed by atoms with Crippen molar-refractivity contribution in [2.45, 2.75) is 19.1 Å². The number of anilines is 1. The molecule has 32 heavy (non-hydrogen) atoms. The zero-order valence-electron chi connectivity index (χ0n) is 18.0. The number of urea groups is 1. The predicted octanol–water partition coefficient (Wildman–Crippen LogP) is 4.63. The summed E-state index contributed by atoms with van der Waals surface area (Å²) in [7, 11) is 0. The molecule has 2 aromatic heterocycles. The first-order valence-corrected chi connectivity index (χ1v) is 12.8. The number of piperazine rings is 1. The van der Waals surface area contributed by atoms with Crippen LogP contribution < -0.4 is 5.32 Å². The van der Waals surface area contributed by atoms with Crippen molar-refractivity contribution >= 4 is 40.7 Å². The third-order valence-corrected chi connectivity index (χ3v) is 8.39. The number of nitrogens with zero attached hydrogens (tertiary/aromatic N) is 3. The van der Waals surface area contributed by atoms with Crippen LogP contribution in [0.2, 0.25) is 0 Å². The van der Waals surface area contributed by atoms with Gasteiger partial charge in [0.15, 0.2) is 0 Å². The number of nitrogens with one attached hydrogen (secondary N) is 1. The standard InChI is InChI=1S/C24H26N4O2S2/c1-17-5-4-6-18(15-17)25-24(30)28-12-10-26(11-13-28)22(29)21-19-7-14-31-16-20(19)32-23(21)27-8-2-3-9-27/h2-6,8-9,15H,7,10-14,16H2,1H3,(H,25,30). The molecule has 1 fully saturated rings. The van der Waals surface area contributed by atoms with Crippen LogP contribution in [0.25, 0.3) is 5.00 Å². The van der Waals surface area contributed by atoms with Crippen LogP contribution >= 0.6 is 23.1 Å². The molecule has 0 spiro atoms. The Morgan fingerprint density at radius 3 is 2.50 bits per heavy atom. The van der Waals surface area contributed by atoms with Crippen molar-refractivity contribution in [3.8, 4) is 5.00 Å². The van der Waals surface area contributed by atoms with Gasteiger partial charge in [-0.3, -0.25) is 4.79 Å². The zero-order chi connectivity index (χ0) is 22.1. The number of carbonyl (C=O) groups is 2. The second kappa shape index (κ2) is 9.03. The molecule has 4 heterocycles. The van der Waals surface area contributed by atoms with Crippen molar-refractivity contribution in [1.82, 2.24) is 14.4 Å². The lowest BCUT2D eigenvalue weighted by Gasteiger charge is -2.35. The normalized spacial score (nSPS) is 16.0. The highest BCUT2D eigenvalue weighted by atomic mass is 32.2. The van der Waals surface area contributed by atoms with Crippen LogP contribution in [-0.4, -0.2) is 58.2 Å². The van der Waals surface area contributed by atoms with E-state index < -0.39 is 0 Å². The fourth-order valence-corrected chi connectivity index (χ4v) is 6.72. The van der Waals surface area contributed by atoms with Crippen LogP contribution in [0.3, 0.4) is 0 Å². The molecule has 0 bridgehead atoms. The summed E-state index contributed by atoms with van der Waals surface area (Å²) >= 11 is 3.67. The first-order chi connectivity index (χ1) is 15.6. The molecule has 0 aliphatic carbocycles. The molecule has 0 saturated carbocycles. The van der Waals surface area contributed by atoms with Crippen LogP contribution in [-0.2, 0) is 12.2 Å². The minimum absolute atomic E-state index is 0.0943. The van der Waals surface area contributed by atoms with E-state index in [9.17, 15) is 9.59 Å². The van der Waals surface area contributed by atoms with Gasteiger partial charge in [-0.1, -0.05) is 12.1 Å². The molecule has 0 radical (unpaired) electrons. The Morgan fingerprint density at radius 1 is 1.00 bits per heavy atom. The molecule has 2 aliphatic rings. The Balaban J connectivity index is 1.30. The molecule has 6 nitrogen and oxygen atoms in total. The van der Waals surface area contributed by atoms with Crippen LogP contribution in [0.5, 0.6) is 0 Å². The molecule has 3 amide bonds. The number of hydrogen-bond donors (Lipinski definition) is 1. The van der Waals surface area contributed by atoms with E-state index in [1.165, 1.54) is 10.4 Å². The summed E-state index contributed by atoms with van der Waals surface area (Å²) in [5.41, 5.74) is 3.99. The minimum Gasteiger partial charge on any atom is -0.335 e. The summed E-state index contributed by atoms with van der Waals surface area (Å²) in [6.07, 6.45) is 4.96. The van der Waals surface area contributed by atoms with Gasteiger partial charge in [-0.2, -0.15) is 11.8 Å². The Hall–Kier alpha value is -2.71. The van der Waals surface area contributed by atoms with E-state index in [2.05, 4.69) is 9.88 Å². The van der Waals surface area contributed by atoms with Crippen molar-refractivity contribution in [2.24, 2.45) is 0 Å². The molecule has 1 aromatic carbocycles. The van der Waals surface area contributed by atoms with Gasteiger partial charge in [0.1, 0.15) is 5.00 Å². The van der Waals surface area contributed by atoms with E-state index in [1.807, 2.05) is 72.4 Å². The van der Waals surface area contributed by atoms with E-state index in [-0.39, 0.29) is 11.9 Å². The molecule has 0 atom stereocenters. The summed E-state index contributed by atoms with van der Waals surface area (Å²) in [6.45, 7) is 4.16. The van der Waals surface area contributed by atoms with Crippen LogP contribution in [0.15, 0.2) is 48.8 Å². The number of benzene rings is 1. The van der Waals surface area contributed by atoms with E-state index >= 15 is 0 Å². The van der Waals surface area contributed by atoms with Crippen molar-refractivity contribution in [2.75, 3.05) is 37.2 Å². The van der Waals surface area contributed by atoms with Gasteiger partial charge in [-0.25, -0.2) is 4.79 Å². The number of aryl methyl sites for hydroxylation is 1. The maximum absolute atomic E-state index is 13.6. The van der Waals surface area contributed by atoms with Gasteiger partial charge >= 0.3 is 6.03 Å². The van der Waals surface area contributed by atoms with Crippen molar-refractivity contribution < 1.29 is 9.59 Å². The van der Waals surface area contributed by atoms with Gasteiger partial charge in [0.2, 0.25) is 0 Å². The quantitative estimate of drug-likeness (QED) is 0.613. The number of hydrogen-bond acceptors (Lipinski definition) is 4. The fraction of sp³-hybridized carbons (Fsp3) is 0.333. The molecule has 2 aliphatic heterocycles. The highest BCUT2D eigenvalue weighted by Crippen LogP contribution is 2.39. The summed E-state index contributed by atoms with van der Waals surface area (Å²) in [5.74, 6) is 2.13. The Bertz CT molecular complexity index is 1130. The average Bonchev–Trinajstić information content (AvgIpc) is 3.46. The topological polar surface area (TPSA) is 57.6 Å². The Kier molecular flexibility index (Phi) is 5.97. The summed E-state index contributed by atoms with van der Waals surface area (Å²) in [4.78, 5) is 31.4. The van der Waals surface area contributed by atoms with Crippen molar-refractivity contribution in [1.29, 1.82) is 0 Å². The van der Waals surface area contributed by atoms with E-state index in [4.69, 9.17) is 0 Å². The van der Waals surface area contributed by atoms with Gasteiger partial charge in [-0.15, -0.1) is 11.3 Å². The first kappa shape index (κ1) is 21.2. The number of thiophene rings is 1. The summed E-state index contributed by atoms with van der Waals surface area (Å²) < 4.78 is 2.06. The molecule has 1 saturated heterocycles. The third-order valence-electron chi connectivity index (χ3n) is 5.98. The molecule has 1 N–H and O–H groups in total. The molecule has 166 valence electrons. The lowest BCUT2D eigenvalue weighted by atomic mass is 10.1. The van der Waals surface area contributed by atoms with Gasteiger partial charge in [0, 0.05) is 54.9 Å². The Labute approximate surface area is 196 Å². The van der Waals surface area contributed by atoms with Crippen molar-refractivity contribution in [3.63, 3.8) is 0 Å². The second-order valence-corrected chi connectivity index (χ2v) is 10.3. The monoisotopic (exact) mass is 466 g/mol. The van der Waals surface area contributed by atoms with Crippen molar-refractivity contribution in [3.05, 3.63) is 70.4 Å². The molecular weight excluding hydrogens is 440 g/mol. The molecule has 0 unspecified atom stereocenters. The number of aromatic nitrogens is 1. The smallest absolute Gasteiger partial charge is 0.321 e. The van der Waals surface area contributed by atoms with Gasteiger partial charge < -0.3 is 19.7 Å². The van der Waals surface area contributed by atoms with Crippen LogP contribution in [0, 0.1) is 6.92 Å². The zero-order valence-corrected chi connectivity index (χ0v) is 19.7. The molecule has 5 rings (SSSR count). The SMILES string of the molecule is Cc1cccc(NC(=O)N2CCN(C(=O)c3c(-n4cccc4)sc4c3CCSC4)CC2)c1. The van der Waals surface area contributed by atoms with Gasteiger partial charge in [0.25, 0.3) is 5.91 Å². The minimum atomic E-state index is -0.110. The number of rotatable bonds is 3. The van der Waals surface area contributed by atoms with Crippen LogP contribution in [0.1, 0.15) is 26.4 Å². The van der Waals surface area contributed by atoms with E-state index in [0.717, 1.165) is 39.7 Å². The first-order valence-electron chi connectivity index (χ1n) is 10.9. The number of thioether (sulfide) groups is 1. The summed E-state index contributed by atoms with van der Waals surface area (Å²) in [6, 6.07) is 11.7. The number of amides is 3. The molecule has 8 heteroatoms. The highest BCUT2D eigenvalue weighted by Gasteiger charge is 2.31. The maximum atomic E-state index is 13.6. The molecular formula is C24H26N4O2S2. The average molecular weight is 467 g/mol. The predicted molar refractivity (Wildman–Crippen MR) is 131 cm³/mol. The fourth-order valence-electron chi connectivity index (χ4n) is 4.29. The van der Waals surface area contributed by atoms with Crippen LogP contribution in [0.4, 0.5) is 10.5 Å². The lowest BCUT2D eigenvalue weighted by molar-refractivity contribution is 0.0671. The van der Waals surface area contributed by atoms with Gasteiger partial charge in [-0.05, 0) is 54.5 Å². The molecule has 3 aromatic rings. The number of fused-ring (bicyclic) bond motifs is 1. The lowest BCUT2D eigenvalue weighted by Crippen LogP contribution is -2.51. The summed E-state index contributed by atoms with van der Waals surface area (Å²) in [5, 5.41) is 3.99. The second-order valence-electron chi connectivity index (χ2n) is 8.16. The number of carbonyl (C=O) groups excluding carboxylic acids is 2. The largest absolute Gasteiger partial charge is 0.335 e. The highest BCUT2D eigenvalue weighted by molar-refractivity contribution is 7.98. The van der Waals surface area contributed by atoms with E-state index in [1.54, 1.807) is 16.2 Å². The third kappa shape index (κ3) is 4.17. The maximum Gasteiger partial charge on any atom is 0.321 e. The van der Waals surface area contributed by atoms with E-state index in [0.29, 0.717) is 26.2 Å². The van der Waals surface area contributed by atoms with Gasteiger partial charge in [0.05, 0.1) is 5.56 Å².